The molecule has 0 aliphatic rings. The molecular formula is C16H20N2O5S. The summed E-state index contributed by atoms with van der Waals surface area (Å²) >= 11 is 1.16. The van der Waals surface area contributed by atoms with E-state index in [-0.39, 0.29) is 26.2 Å². The van der Waals surface area contributed by atoms with E-state index in [0.717, 1.165) is 16.9 Å². The van der Waals surface area contributed by atoms with E-state index in [4.69, 9.17) is 9.84 Å². The van der Waals surface area contributed by atoms with Crippen LogP contribution >= 0.6 is 11.3 Å². The number of hydrogen-bond acceptors (Lipinski definition) is 7. The van der Waals surface area contributed by atoms with Crippen LogP contribution in [0.3, 0.4) is 0 Å². The fourth-order valence-corrected chi connectivity index (χ4v) is 2.80. The molecule has 24 heavy (non-hydrogen) atoms. The van der Waals surface area contributed by atoms with Crippen molar-refractivity contribution in [2.75, 3.05) is 6.54 Å². The summed E-state index contributed by atoms with van der Waals surface area (Å²) in [7, 11) is 0. The van der Waals surface area contributed by atoms with Gasteiger partial charge in [0.2, 0.25) is 0 Å². The van der Waals surface area contributed by atoms with Gasteiger partial charge >= 0.3 is 6.09 Å². The molecule has 0 aliphatic carbocycles. The second-order valence-corrected chi connectivity index (χ2v) is 6.01. The van der Waals surface area contributed by atoms with E-state index in [1.165, 1.54) is 0 Å². The molecule has 1 aromatic carbocycles. The third kappa shape index (κ3) is 5.57. The van der Waals surface area contributed by atoms with E-state index in [1.54, 1.807) is 5.38 Å². The van der Waals surface area contributed by atoms with Crippen LogP contribution in [0.1, 0.15) is 28.8 Å². The number of amides is 1. The molecule has 0 saturated carbocycles. The van der Waals surface area contributed by atoms with E-state index >= 15 is 0 Å². The molecule has 1 amide bonds. The van der Waals surface area contributed by atoms with Gasteiger partial charge in [0.15, 0.2) is 0 Å². The first-order valence-electron chi connectivity index (χ1n) is 7.46. The maximum Gasteiger partial charge on any atom is 0.407 e. The summed E-state index contributed by atoms with van der Waals surface area (Å²) in [6.45, 7) is 0.110. The molecule has 4 N–H and O–H groups in total. The zero-order chi connectivity index (χ0) is 17.4. The van der Waals surface area contributed by atoms with Crippen LogP contribution in [0.5, 0.6) is 0 Å². The quantitative estimate of drug-likeness (QED) is 0.570. The topological polar surface area (TPSA) is 112 Å². The van der Waals surface area contributed by atoms with Gasteiger partial charge in [-0.3, -0.25) is 0 Å². The summed E-state index contributed by atoms with van der Waals surface area (Å²) < 4.78 is 5.04. The highest BCUT2D eigenvalue weighted by Crippen LogP contribution is 2.22. The van der Waals surface area contributed by atoms with Gasteiger partial charge in [-0.2, -0.15) is 0 Å². The van der Waals surface area contributed by atoms with Crippen LogP contribution < -0.4 is 5.32 Å². The van der Waals surface area contributed by atoms with Gasteiger partial charge in [-0.15, -0.1) is 11.3 Å². The number of aromatic nitrogens is 1. The summed E-state index contributed by atoms with van der Waals surface area (Å²) in [6, 6.07) is 9.29. The molecule has 8 heteroatoms. The van der Waals surface area contributed by atoms with Crippen molar-refractivity contribution in [2.24, 2.45) is 0 Å². The summed E-state index contributed by atoms with van der Waals surface area (Å²) in [6.07, 6.45) is -2.66. The van der Waals surface area contributed by atoms with Crippen LogP contribution in [0.4, 0.5) is 4.79 Å². The van der Waals surface area contributed by atoms with Gasteiger partial charge in [-0.25, -0.2) is 9.78 Å². The molecule has 0 saturated heterocycles. The van der Waals surface area contributed by atoms with Crippen LogP contribution in [0.25, 0.3) is 0 Å². The fraction of sp³-hybridized carbons (Fsp3) is 0.375. The Kier molecular flexibility index (Phi) is 7.13. The molecular weight excluding hydrogens is 332 g/mol. The predicted octanol–water partition coefficient (Wildman–Crippen LogP) is 1.35. The van der Waals surface area contributed by atoms with Gasteiger partial charge in [0.05, 0.1) is 18.4 Å². The number of nitrogens with one attached hydrogen (secondary N) is 1. The Morgan fingerprint density at radius 2 is 2.04 bits per heavy atom. The highest BCUT2D eigenvalue weighted by molar-refractivity contribution is 7.09. The molecule has 2 atom stereocenters. The second-order valence-electron chi connectivity index (χ2n) is 5.12. The lowest BCUT2D eigenvalue weighted by Gasteiger charge is -2.16. The monoisotopic (exact) mass is 352 g/mol. The van der Waals surface area contributed by atoms with Crippen LogP contribution in [0, 0.1) is 0 Å². The average molecular weight is 352 g/mol. The van der Waals surface area contributed by atoms with Crippen molar-refractivity contribution >= 4 is 17.4 Å². The Bertz CT molecular complexity index is 634. The Morgan fingerprint density at radius 3 is 2.71 bits per heavy atom. The number of nitrogens with zero attached hydrogens (tertiary/aromatic N) is 1. The SMILES string of the molecule is O=C(NCCC(O)C(O)c1nc(CO)cs1)OCc1ccccc1. The van der Waals surface area contributed by atoms with E-state index in [2.05, 4.69) is 10.3 Å². The molecule has 1 aromatic heterocycles. The van der Waals surface area contributed by atoms with Crippen molar-refractivity contribution in [3.05, 3.63) is 52.0 Å². The van der Waals surface area contributed by atoms with E-state index < -0.39 is 18.3 Å². The van der Waals surface area contributed by atoms with Gasteiger partial charge < -0.3 is 25.4 Å². The number of hydrogen-bond donors (Lipinski definition) is 4. The first-order chi connectivity index (χ1) is 11.6. The van der Waals surface area contributed by atoms with Crippen molar-refractivity contribution in [2.45, 2.75) is 31.8 Å². The van der Waals surface area contributed by atoms with Crippen LogP contribution in [0.15, 0.2) is 35.7 Å². The van der Waals surface area contributed by atoms with Crippen LogP contribution in [-0.4, -0.2) is 39.0 Å². The lowest BCUT2D eigenvalue weighted by atomic mass is 10.1. The number of aliphatic hydroxyl groups excluding tert-OH is 3. The third-order valence-electron chi connectivity index (χ3n) is 3.27. The van der Waals surface area contributed by atoms with Crippen LogP contribution in [0.2, 0.25) is 0 Å². The van der Waals surface area contributed by atoms with Crippen molar-refractivity contribution in [3.8, 4) is 0 Å². The number of ether oxygens (including phenoxy) is 1. The first-order valence-corrected chi connectivity index (χ1v) is 8.34. The molecule has 0 radical (unpaired) electrons. The predicted molar refractivity (Wildman–Crippen MR) is 88.3 cm³/mol. The van der Waals surface area contributed by atoms with Gasteiger partial charge in [-0.05, 0) is 12.0 Å². The lowest BCUT2D eigenvalue weighted by molar-refractivity contribution is 0.0133. The number of rotatable bonds is 8. The van der Waals surface area contributed by atoms with Crippen molar-refractivity contribution in [1.29, 1.82) is 0 Å². The number of benzene rings is 1. The minimum atomic E-state index is -1.16. The van der Waals surface area contributed by atoms with Gasteiger partial charge in [0.25, 0.3) is 0 Å². The van der Waals surface area contributed by atoms with Crippen LogP contribution in [-0.2, 0) is 18.0 Å². The first kappa shape index (κ1) is 18.3. The van der Waals surface area contributed by atoms with Crippen molar-refractivity contribution in [3.63, 3.8) is 0 Å². The Hall–Kier alpha value is -2.00. The Labute approximate surface area is 143 Å². The number of alkyl carbamates (subject to hydrolysis) is 1. The number of carbonyl (C=O) groups is 1. The average Bonchev–Trinajstić information content (AvgIpc) is 3.09. The van der Waals surface area contributed by atoms with E-state index in [1.807, 2.05) is 30.3 Å². The highest BCUT2D eigenvalue weighted by Gasteiger charge is 2.21. The molecule has 0 fully saturated rings. The maximum atomic E-state index is 11.6. The van der Waals surface area contributed by atoms with Crippen molar-refractivity contribution in [1.82, 2.24) is 10.3 Å². The standard InChI is InChI=1S/C16H20N2O5S/c19-8-12-10-24-15(18-12)14(21)13(20)6-7-17-16(22)23-9-11-4-2-1-3-5-11/h1-5,10,13-14,19-21H,6-9H2,(H,17,22). The van der Waals surface area contributed by atoms with Crippen molar-refractivity contribution < 1.29 is 24.9 Å². The zero-order valence-electron chi connectivity index (χ0n) is 13.0. The molecule has 0 aliphatic heterocycles. The summed E-state index contributed by atoms with van der Waals surface area (Å²) in [5.41, 5.74) is 1.33. The van der Waals surface area contributed by atoms with Gasteiger partial charge in [0.1, 0.15) is 17.7 Å². The highest BCUT2D eigenvalue weighted by atomic mass is 32.1. The largest absolute Gasteiger partial charge is 0.445 e. The molecule has 1 heterocycles. The van der Waals surface area contributed by atoms with Gasteiger partial charge in [-0.1, -0.05) is 30.3 Å². The molecule has 2 unspecified atom stereocenters. The van der Waals surface area contributed by atoms with E-state index in [0.29, 0.717) is 10.7 Å². The molecule has 2 rings (SSSR count). The molecule has 7 nitrogen and oxygen atoms in total. The summed E-state index contributed by atoms with van der Waals surface area (Å²) in [5.74, 6) is 0. The Balaban J connectivity index is 1.67. The molecule has 2 aromatic rings. The zero-order valence-corrected chi connectivity index (χ0v) is 13.8. The summed E-state index contributed by atoms with van der Waals surface area (Å²) in [4.78, 5) is 15.6. The second kappa shape index (κ2) is 9.33. The fourth-order valence-electron chi connectivity index (χ4n) is 1.95. The van der Waals surface area contributed by atoms with Gasteiger partial charge in [0, 0.05) is 11.9 Å². The summed E-state index contributed by atoms with van der Waals surface area (Å²) in [5, 5.41) is 33.3. The van der Waals surface area contributed by atoms with E-state index in [9.17, 15) is 15.0 Å². The number of carbonyl (C=O) groups excluding carboxylic acids is 1. The number of thiazole rings is 1. The Morgan fingerprint density at radius 1 is 1.29 bits per heavy atom. The maximum absolute atomic E-state index is 11.6. The number of aliphatic hydroxyl groups is 3. The minimum Gasteiger partial charge on any atom is -0.445 e. The normalized spacial score (nSPS) is 13.3. The third-order valence-corrected chi connectivity index (χ3v) is 4.24. The minimum absolute atomic E-state index is 0.148. The molecule has 0 bridgehead atoms. The lowest BCUT2D eigenvalue weighted by Crippen LogP contribution is -2.29. The smallest absolute Gasteiger partial charge is 0.407 e. The molecule has 130 valence electrons. The molecule has 0 spiro atoms.